The molecule has 0 N–H and O–H groups in total. The molecule has 0 radical (unpaired) electrons. The Bertz CT molecular complexity index is 844. The van der Waals surface area contributed by atoms with Crippen molar-refractivity contribution in [3.8, 4) is 5.69 Å². The molecule has 1 aliphatic heterocycles. The van der Waals surface area contributed by atoms with Crippen LogP contribution in [0.15, 0.2) is 47.4 Å². The largest absolute Gasteiger partial charge is 0.335 e. The molecule has 1 saturated carbocycles. The Balaban J connectivity index is 1.64. The number of benzene rings is 1. The van der Waals surface area contributed by atoms with E-state index in [4.69, 9.17) is 0 Å². The summed E-state index contributed by atoms with van der Waals surface area (Å²) >= 11 is 0. The second-order valence-electron chi connectivity index (χ2n) is 7.00. The average Bonchev–Trinajstić information content (AvgIpc) is 3.06. The fourth-order valence-electron chi connectivity index (χ4n) is 4.24. The molecule has 2 aliphatic rings. The van der Waals surface area contributed by atoms with Crippen molar-refractivity contribution in [3.05, 3.63) is 64.3 Å². The minimum Gasteiger partial charge on any atom is -0.335 e. The van der Waals surface area contributed by atoms with Gasteiger partial charge in [-0.15, -0.1) is 0 Å². The molecule has 4 nitrogen and oxygen atoms in total. The number of hydrogen-bond donors (Lipinski definition) is 0. The molecule has 2 fully saturated rings. The molecule has 5 heteroatoms. The van der Waals surface area contributed by atoms with E-state index in [2.05, 4.69) is 0 Å². The van der Waals surface area contributed by atoms with Gasteiger partial charge in [0.15, 0.2) is 0 Å². The molecule has 25 heavy (non-hydrogen) atoms. The van der Waals surface area contributed by atoms with Gasteiger partial charge in [-0.1, -0.05) is 12.8 Å². The third kappa shape index (κ3) is 2.99. The molecule has 130 valence electrons. The van der Waals surface area contributed by atoms with Crippen LogP contribution in [0.1, 0.15) is 42.5 Å². The molecular weight excluding hydrogens is 319 g/mol. The maximum absolute atomic E-state index is 13.1. The second kappa shape index (κ2) is 6.47. The Labute approximate surface area is 145 Å². The van der Waals surface area contributed by atoms with E-state index in [0.717, 1.165) is 19.4 Å². The first-order chi connectivity index (χ1) is 12.1. The van der Waals surface area contributed by atoms with Crippen LogP contribution in [0.2, 0.25) is 0 Å². The van der Waals surface area contributed by atoms with Crippen molar-refractivity contribution in [1.82, 2.24) is 9.47 Å². The molecule has 1 aromatic heterocycles. The van der Waals surface area contributed by atoms with Gasteiger partial charge in [-0.3, -0.25) is 14.2 Å². The van der Waals surface area contributed by atoms with E-state index >= 15 is 0 Å². The number of amides is 1. The standard InChI is InChI=1S/C20H21FN2O2/c21-16-6-8-17(9-7-16)23-13-15(5-10-19(23)24)20(25)22-12-11-14-3-1-2-4-18(14)22/h5-10,13-14,18H,1-4,11-12H2/t14-,18-/m0/s1. The third-order valence-corrected chi connectivity index (χ3v) is 5.53. The molecule has 0 unspecified atom stereocenters. The summed E-state index contributed by atoms with van der Waals surface area (Å²) in [4.78, 5) is 27.2. The van der Waals surface area contributed by atoms with Crippen LogP contribution in [0, 0.1) is 11.7 Å². The topological polar surface area (TPSA) is 42.3 Å². The lowest BCUT2D eigenvalue weighted by Gasteiger charge is -2.31. The molecular formula is C20H21FN2O2. The second-order valence-corrected chi connectivity index (χ2v) is 7.00. The van der Waals surface area contributed by atoms with Crippen molar-refractivity contribution in [2.24, 2.45) is 5.92 Å². The van der Waals surface area contributed by atoms with Crippen molar-refractivity contribution >= 4 is 5.91 Å². The fraction of sp³-hybridized carbons (Fsp3) is 0.400. The molecule has 1 amide bonds. The van der Waals surface area contributed by atoms with Crippen LogP contribution < -0.4 is 5.56 Å². The number of carbonyl (C=O) groups is 1. The van der Waals surface area contributed by atoms with Gasteiger partial charge in [0.2, 0.25) is 0 Å². The zero-order chi connectivity index (χ0) is 17.4. The van der Waals surface area contributed by atoms with Crippen molar-refractivity contribution in [2.75, 3.05) is 6.54 Å². The zero-order valence-electron chi connectivity index (χ0n) is 14.0. The predicted molar refractivity (Wildman–Crippen MR) is 93.4 cm³/mol. The Morgan fingerprint density at radius 3 is 2.56 bits per heavy atom. The first-order valence-electron chi connectivity index (χ1n) is 8.93. The van der Waals surface area contributed by atoms with Gasteiger partial charge in [0.05, 0.1) is 5.56 Å². The lowest BCUT2D eigenvalue weighted by Crippen LogP contribution is -2.39. The minimum absolute atomic E-state index is 0.00902. The lowest BCUT2D eigenvalue weighted by molar-refractivity contribution is 0.0689. The van der Waals surface area contributed by atoms with Gasteiger partial charge < -0.3 is 4.90 Å². The summed E-state index contributed by atoms with van der Waals surface area (Å²) in [5.41, 5.74) is 0.827. The number of carbonyl (C=O) groups excluding carboxylic acids is 1. The predicted octanol–water partition coefficient (Wildman–Crippen LogP) is 3.38. The van der Waals surface area contributed by atoms with Crippen molar-refractivity contribution in [3.63, 3.8) is 0 Å². The van der Waals surface area contributed by atoms with Gasteiger partial charge >= 0.3 is 0 Å². The van der Waals surface area contributed by atoms with E-state index in [1.54, 1.807) is 12.3 Å². The summed E-state index contributed by atoms with van der Waals surface area (Å²) < 4.78 is 14.5. The summed E-state index contributed by atoms with van der Waals surface area (Å²) in [5, 5.41) is 0. The lowest BCUT2D eigenvalue weighted by atomic mass is 9.85. The molecule has 2 heterocycles. The van der Waals surface area contributed by atoms with Crippen LogP contribution in [0.3, 0.4) is 0 Å². The normalized spacial score (nSPS) is 22.7. The van der Waals surface area contributed by atoms with E-state index in [9.17, 15) is 14.0 Å². The van der Waals surface area contributed by atoms with Gasteiger partial charge in [0.1, 0.15) is 5.82 Å². The summed E-state index contributed by atoms with van der Waals surface area (Å²) in [6, 6.07) is 9.04. The van der Waals surface area contributed by atoms with Crippen LogP contribution in [0.25, 0.3) is 5.69 Å². The molecule has 2 atom stereocenters. The number of fused-ring (bicyclic) bond motifs is 1. The van der Waals surface area contributed by atoms with Gasteiger partial charge in [-0.05, 0) is 55.5 Å². The van der Waals surface area contributed by atoms with Crippen LogP contribution in [-0.4, -0.2) is 28.0 Å². The molecule has 1 saturated heterocycles. The van der Waals surface area contributed by atoms with Crippen molar-refractivity contribution in [2.45, 2.75) is 38.1 Å². The van der Waals surface area contributed by atoms with Crippen molar-refractivity contribution in [1.29, 1.82) is 0 Å². The fourth-order valence-corrected chi connectivity index (χ4v) is 4.24. The highest BCUT2D eigenvalue weighted by molar-refractivity contribution is 5.94. The summed E-state index contributed by atoms with van der Waals surface area (Å²) in [7, 11) is 0. The third-order valence-electron chi connectivity index (χ3n) is 5.53. The highest BCUT2D eigenvalue weighted by atomic mass is 19.1. The maximum Gasteiger partial charge on any atom is 0.255 e. The van der Waals surface area contributed by atoms with Gasteiger partial charge in [0.25, 0.3) is 11.5 Å². The molecule has 4 rings (SSSR count). The van der Waals surface area contributed by atoms with Crippen LogP contribution in [0.4, 0.5) is 4.39 Å². The smallest absolute Gasteiger partial charge is 0.255 e. The van der Waals surface area contributed by atoms with Crippen LogP contribution >= 0.6 is 0 Å². The Hall–Kier alpha value is -2.43. The Kier molecular flexibility index (Phi) is 4.15. The van der Waals surface area contributed by atoms with Gasteiger partial charge in [-0.25, -0.2) is 4.39 Å². The average molecular weight is 340 g/mol. The quantitative estimate of drug-likeness (QED) is 0.841. The zero-order valence-corrected chi connectivity index (χ0v) is 14.0. The number of pyridine rings is 1. The molecule has 1 aliphatic carbocycles. The van der Waals surface area contributed by atoms with Crippen LogP contribution in [-0.2, 0) is 0 Å². The SMILES string of the molecule is O=C(c1ccc(=O)n(-c2ccc(F)cc2)c1)N1CC[C@@H]2CCCC[C@@H]21. The van der Waals surface area contributed by atoms with Crippen molar-refractivity contribution < 1.29 is 9.18 Å². The number of rotatable bonds is 2. The van der Waals surface area contributed by atoms with E-state index < -0.39 is 0 Å². The Morgan fingerprint density at radius 2 is 1.76 bits per heavy atom. The van der Waals surface area contributed by atoms with E-state index in [-0.39, 0.29) is 17.3 Å². The number of likely N-dealkylation sites (tertiary alicyclic amines) is 1. The first-order valence-corrected chi connectivity index (χ1v) is 8.93. The summed E-state index contributed by atoms with van der Waals surface area (Å²) in [5.74, 6) is 0.260. The van der Waals surface area contributed by atoms with Crippen LogP contribution in [0.5, 0.6) is 0 Å². The number of aromatic nitrogens is 1. The summed E-state index contributed by atoms with van der Waals surface area (Å²) in [6.45, 7) is 0.795. The van der Waals surface area contributed by atoms with E-state index in [1.807, 2.05) is 4.90 Å². The highest BCUT2D eigenvalue weighted by Gasteiger charge is 2.38. The summed E-state index contributed by atoms with van der Waals surface area (Å²) in [6.07, 6.45) is 7.39. The molecule has 0 spiro atoms. The number of nitrogens with zero attached hydrogens (tertiary/aromatic N) is 2. The van der Waals surface area contributed by atoms with Gasteiger partial charge in [0, 0.05) is 30.5 Å². The minimum atomic E-state index is -0.357. The molecule has 0 bridgehead atoms. The maximum atomic E-state index is 13.1. The van der Waals surface area contributed by atoms with E-state index in [1.165, 1.54) is 54.2 Å². The Morgan fingerprint density at radius 1 is 1.00 bits per heavy atom. The number of halogens is 1. The molecule has 1 aromatic carbocycles. The van der Waals surface area contributed by atoms with Gasteiger partial charge in [-0.2, -0.15) is 0 Å². The van der Waals surface area contributed by atoms with E-state index in [0.29, 0.717) is 23.2 Å². The molecule has 2 aromatic rings. The monoisotopic (exact) mass is 340 g/mol. The first kappa shape index (κ1) is 16.1. The highest BCUT2D eigenvalue weighted by Crippen LogP contribution is 2.36. The number of hydrogen-bond acceptors (Lipinski definition) is 2.